The van der Waals surface area contributed by atoms with E-state index in [0.717, 1.165) is 33.2 Å². The van der Waals surface area contributed by atoms with Crippen molar-refractivity contribution >= 4 is 20.3 Å². The molecule has 0 spiro atoms. The Morgan fingerprint density at radius 3 is 2.55 bits per heavy atom. The van der Waals surface area contributed by atoms with Gasteiger partial charge in [-0.2, -0.15) is 0 Å². The van der Waals surface area contributed by atoms with Crippen LogP contribution in [0.5, 0.6) is 11.5 Å². The molecule has 2 N–H and O–H groups in total. The average molecular weight is 367 g/mol. The fourth-order valence-electron chi connectivity index (χ4n) is 3.34. The number of benzene rings is 1. The number of nitrogens with two attached hydrogens (primary N) is 1. The summed E-state index contributed by atoms with van der Waals surface area (Å²) in [6.07, 6.45) is 7.23. The van der Waals surface area contributed by atoms with Crippen LogP contribution in [0.15, 0.2) is 18.2 Å². The van der Waals surface area contributed by atoms with Gasteiger partial charge in [-0.05, 0) is 0 Å². The molecule has 1 aromatic carbocycles. The Hall–Kier alpha value is -0.822. The Morgan fingerprint density at radius 1 is 1.18 bits per heavy atom. The summed E-state index contributed by atoms with van der Waals surface area (Å²) in [6, 6.07) is 5.59. The molecule has 1 fully saturated rings. The average Bonchev–Trinajstić information content (AvgIpc) is 2.52. The van der Waals surface area contributed by atoms with Crippen LogP contribution in [0.1, 0.15) is 46.0 Å². The first kappa shape index (κ1) is 17.5. The molecular formula is C18H30AsNO2. The molecule has 4 heteroatoms. The van der Waals surface area contributed by atoms with Gasteiger partial charge in [0.05, 0.1) is 0 Å². The standard InChI is InChI=1S/C18H30AsNO2/c1-14(2)19(15-7-5-4-6-8-15)11-12-22-18-13-16(20)9-10-17(18)21-3/h9-10,13-15H,4-8,11-12,20H2,1-3H3. The summed E-state index contributed by atoms with van der Waals surface area (Å²) in [7, 11) is 1.67. The third-order valence-corrected chi connectivity index (χ3v) is 11.8. The van der Waals surface area contributed by atoms with E-state index in [9.17, 15) is 0 Å². The number of ether oxygens (including phenoxy) is 2. The summed E-state index contributed by atoms with van der Waals surface area (Å²) < 4.78 is 13.2. The zero-order valence-electron chi connectivity index (χ0n) is 14.2. The van der Waals surface area contributed by atoms with Crippen LogP contribution in [0.2, 0.25) is 14.6 Å². The van der Waals surface area contributed by atoms with Crippen molar-refractivity contribution in [1.29, 1.82) is 0 Å². The molecule has 1 aliphatic carbocycles. The first-order valence-corrected chi connectivity index (χ1v) is 11.9. The SMILES string of the molecule is COc1ccc(N)cc1OCC[As](C(C)C)C1CCCCC1. The molecule has 2 rings (SSSR count). The Kier molecular flexibility index (Phi) is 6.95. The molecule has 0 radical (unpaired) electrons. The first-order valence-electron chi connectivity index (χ1n) is 8.44. The third-order valence-electron chi connectivity index (χ3n) is 4.50. The molecule has 0 amide bonds. The Morgan fingerprint density at radius 2 is 1.91 bits per heavy atom. The number of rotatable bonds is 7. The van der Waals surface area contributed by atoms with Gasteiger partial charge in [0.25, 0.3) is 0 Å². The number of hydrogen-bond donors (Lipinski definition) is 1. The number of anilines is 1. The Balaban J connectivity index is 1.91. The van der Waals surface area contributed by atoms with E-state index in [4.69, 9.17) is 15.2 Å². The van der Waals surface area contributed by atoms with E-state index in [1.807, 2.05) is 18.2 Å². The van der Waals surface area contributed by atoms with E-state index in [1.54, 1.807) is 7.11 Å². The second-order valence-electron chi connectivity index (χ2n) is 6.38. The van der Waals surface area contributed by atoms with Gasteiger partial charge in [0.15, 0.2) is 0 Å². The summed E-state index contributed by atoms with van der Waals surface area (Å²) >= 11 is -0.840. The van der Waals surface area contributed by atoms with Gasteiger partial charge in [0.1, 0.15) is 0 Å². The van der Waals surface area contributed by atoms with Crippen LogP contribution in [-0.4, -0.2) is 28.4 Å². The number of hydrogen-bond acceptors (Lipinski definition) is 3. The Bertz CT molecular complexity index is 458. The van der Waals surface area contributed by atoms with Crippen molar-refractivity contribution in [2.45, 2.75) is 60.6 Å². The van der Waals surface area contributed by atoms with Gasteiger partial charge >= 0.3 is 140 Å². The van der Waals surface area contributed by atoms with E-state index >= 15 is 0 Å². The van der Waals surface area contributed by atoms with E-state index in [2.05, 4.69) is 13.8 Å². The molecular weight excluding hydrogens is 337 g/mol. The van der Waals surface area contributed by atoms with Crippen LogP contribution in [0, 0.1) is 0 Å². The fraction of sp³-hybridized carbons (Fsp3) is 0.667. The van der Waals surface area contributed by atoms with Crippen LogP contribution < -0.4 is 15.2 Å². The van der Waals surface area contributed by atoms with Crippen LogP contribution in [0.4, 0.5) is 5.69 Å². The summed E-state index contributed by atoms with van der Waals surface area (Å²) in [5.74, 6) is 1.55. The van der Waals surface area contributed by atoms with Crippen LogP contribution in [0.3, 0.4) is 0 Å². The molecule has 3 nitrogen and oxygen atoms in total. The van der Waals surface area contributed by atoms with Crippen molar-refractivity contribution in [3.8, 4) is 11.5 Å². The van der Waals surface area contributed by atoms with E-state index < -0.39 is 14.7 Å². The quantitative estimate of drug-likeness (QED) is 0.551. The summed E-state index contributed by atoms with van der Waals surface area (Å²) in [5, 5.41) is 1.26. The predicted octanol–water partition coefficient (Wildman–Crippen LogP) is 4.90. The fourth-order valence-corrected chi connectivity index (χ4v) is 9.75. The van der Waals surface area contributed by atoms with E-state index in [0.29, 0.717) is 0 Å². The Labute approximate surface area is 139 Å². The predicted molar refractivity (Wildman–Crippen MR) is 95.4 cm³/mol. The molecule has 0 bridgehead atoms. The minimum absolute atomic E-state index is 0.723. The van der Waals surface area contributed by atoms with Crippen LogP contribution in [-0.2, 0) is 0 Å². The normalized spacial score (nSPS) is 17.5. The van der Waals surface area contributed by atoms with E-state index in [-0.39, 0.29) is 0 Å². The number of methoxy groups -OCH3 is 1. The van der Waals surface area contributed by atoms with E-state index in [1.165, 1.54) is 37.3 Å². The molecule has 1 aromatic rings. The molecule has 1 atom stereocenters. The molecule has 1 unspecified atom stereocenters. The summed E-state index contributed by atoms with van der Waals surface area (Å²) in [5.41, 5.74) is 6.58. The molecule has 0 heterocycles. The molecule has 0 saturated heterocycles. The maximum atomic E-state index is 6.01. The zero-order valence-corrected chi connectivity index (χ0v) is 16.1. The van der Waals surface area contributed by atoms with Gasteiger partial charge < -0.3 is 0 Å². The molecule has 1 saturated carbocycles. The molecule has 1 aliphatic rings. The van der Waals surface area contributed by atoms with Gasteiger partial charge in [-0.3, -0.25) is 0 Å². The van der Waals surface area contributed by atoms with Gasteiger partial charge in [-0.25, -0.2) is 0 Å². The minimum atomic E-state index is -0.840. The van der Waals surface area contributed by atoms with Crippen LogP contribution >= 0.6 is 0 Å². The monoisotopic (exact) mass is 367 g/mol. The molecule has 22 heavy (non-hydrogen) atoms. The first-order chi connectivity index (χ1) is 10.6. The number of nitrogen functional groups attached to an aromatic ring is 1. The van der Waals surface area contributed by atoms with Crippen LogP contribution in [0.25, 0.3) is 0 Å². The molecule has 0 aromatic heterocycles. The zero-order chi connectivity index (χ0) is 15.9. The van der Waals surface area contributed by atoms with Crippen molar-refractivity contribution in [3.05, 3.63) is 18.2 Å². The topological polar surface area (TPSA) is 44.5 Å². The van der Waals surface area contributed by atoms with Crippen molar-refractivity contribution in [3.63, 3.8) is 0 Å². The van der Waals surface area contributed by atoms with Gasteiger partial charge in [0.2, 0.25) is 0 Å². The summed E-state index contributed by atoms with van der Waals surface area (Å²) in [4.78, 5) is 0. The van der Waals surface area contributed by atoms with Gasteiger partial charge in [-0.1, -0.05) is 0 Å². The van der Waals surface area contributed by atoms with Gasteiger partial charge in [0, 0.05) is 0 Å². The molecule has 124 valence electrons. The molecule has 0 aliphatic heterocycles. The third kappa shape index (κ3) is 4.84. The maximum absolute atomic E-state index is 6.01. The van der Waals surface area contributed by atoms with Crippen molar-refractivity contribution < 1.29 is 9.47 Å². The van der Waals surface area contributed by atoms with Crippen molar-refractivity contribution in [1.82, 2.24) is 0 Å². The summed E-state index contributed by atoms with van der Waals surface area (Å²) in [6.45, 7) is 5.62. The second-order valence-corrected chi connectivity index (χ2v) is 13.2. The van der Waals surface area contributed by atoms with Crippen molar-refractivity contribution in [2.75, 3.05) is 19.5 Å². The second kappa shape index (κ2) is 8.72. The van der Waals surface area contributed by atoms with Crippen molar-refractivity contribution in [2.24, 2.45) is 0 Å². The van der Waals surface area contributed by atoms with Gasteiger partial charge in [-0.15, -0.1) is 0 Å².